The standard InChI is InChI=1S/C27H24F3N5O2/c1-17-5-7-22(12-23(17)27(28,29)30)37-24-8-6-20(11-18(24)2)15-36-25-9-10-35(26(31-4)34-25)19(3)21-13-32-16-33-14-21/h5-14,16H,3,15H2,1-2,4H3. The fourth-order valence-electron chi connectivity index (χ4n) is 3.60. The Labute approximate surface area is 211 Å². The molecule has 10 heteroatoms. The van der Waals surface area contributed by atoms with Crippen LogP contribution in [0.15, 0.2) is 79.0 Å². The number of halogens is 3. The molecule has 0 aliphatic heterocycles. The zero-order valence-corrected chi connectivity index (χ0v) is 20.5. The van der Waals surface area contributed by atoms with Crippen molar-refractivity contribution in [2.75, 3.05) is 7.05 Å². The van der Waals surface area contributed by atoms with Crippen molar-refractivity contribution in [3.63, 3.8) is 0 Å². The Morgan fingerprint density at radius 1 is 1.03 bits per heavy atom. The van der Waals surface area contributed by atoms with Crippen LogP contribution in [0.4, 0.5) is 13.2 Å². The Kier molecular flexibility index (Phi) is 7.37. The van der Waals surface area contributed by atoms with Crippen molar-refractivity contribution in [3.05, 3.63) is 107 Å². The number of hydrogen-bond donors (Lipinski definition) is 0. The lowest BCUT2D eigenvalue weighted by Gasteiger charge is -2.15. The lowest BCUT2D eigenvalue weighted by Crippen LogP contribution is -2.24. The second kappa shape index (κ2) is 10.7. The molecule has 0 unspecified atom stereocenters. The maximum atomic E-state index is 13.2. The number of nitrogens with zero attached hydrogens (tertiary/aromatic N) is 5. The monoisotopic (exact) mass is 507 g/mol. The Balaban J connectivity index is 1.46. The lowest BCUT2D eigenvalue weighted by molar-refractivity contribution is -0.138. The predicted octanol–water partition coefficient (Wildman–Crippen LogP) is 5.73. The van der Waals surface area contributed by atoms with Gasteiger partial charge in [-0.15, -0.1) is 0 Å². The first-order valence-corrected chi connectivity index (χ1v) is 11.2. The third-order valence-electron chi connectivity index (χ3n) is 5.54. The van der Waals surface area contributed by atoms with Gasteiger partial charge in [0.2, 0.25) is 11.5 Å². The zero-order valence-electron chi connectivity index (χ0n) is 20.5. The van der Waals surface area contributed by atoms with Crippen LogP contribution in [-0.2, 0) is 12.8 Å². The lowest BCUT2D eigenvalue weighted by atomic mass is 10.1. The van der Waals surface area contributed by atoms with E-state index in [1.165, 1.54) is 25.4 Å². The second-order valence-corrected chi connectivity index (χ2v) is 8.20. The molecule has 7 nitrogen and oxygen atoms in total. The van der Waals surface area contributed by atoms with E-state index < -0.39 is 11.7 Å². The topological polar surface area (TPSA) is 74.4 Å². The van der Waals surface area contributed by atoms with E-state index in [4.69, 9.17) is 9.47 Å². The number of aryl methyl sites for hydroxylation is 2. The van der Waals surface area contributed by atoms with Crippen LogP contribution in [0.1, 0.15) is 27.8 Å². The number of ether oxygens (including phenoxy) is 2. The van der Waals surface area contributed by atoms with E-state index in [0.29, 0.717) is 22.9 Å². The summed E-state index contributed by atoms with van der Waals surface area (Å²) in [5, 5.41) is 0. The fourth-order valence-corrected chi connectivity index (χ4v) is 3.60. The first kappa shape index (κ1) is 25.6. The molecule has 2 heterocycles. The van der Waals surface area contributed by atoms with E-state index >= 15 is 0 Å². The number of hydrogen-bond acceptors (Lipinski definition) is 6. The summed E-state index contributed by atoms with van der Waals surface area (Å²) in [5.74, 6) is 0.938. The van der Waals surface area contributed by atoms with Gasteiger partial charge in [-0.25, -0.2) is 9.97 Å². The van der Waals surface area contributed by atoms with Gasteiger partial charge >= 0.3 is 6.18 Å². The highest BCUT2D eigenvalue weighted by atomic mass is 19.4. The molecule has 0 amide bonds. The second-order valence-electron chi connectivity index (χ2n) is 8.20. The first-order valence-electron chi connectivity index (χ1n) is 11.2. The van der Waals surface area contributed by atoms with Crippen LogP contribution >= 0.6 is 0 Å². The molecule has 2 aromatic heterocycles. The Morgan fingerprint density at radius 2 is 1.78 bits per heavy atom. The SMILES string of the molecule is C=C(c1cncnc1)n1ccc(OCc2ccc(Oc3ccc(C)c(C(F)(F)F)c3)c(C)c2)nc1=NC. The van der Waals surface area contributed by atoms with Gasteiger partial charge in [0.15, 0.2) is 0 Å². The van der Waals surface area contributed by atoms with Gasteiger partial charge in [-0.3, -0.25) is 9.56 Å². The highest BCUT2D eigenvalue weighted by molar-refractivity contribution is 5.61. The Hall–Kier alpha value is -4.47. The van der Waals surface area contributed by atoms with Gasteiger partial charge in [0.1, 0.15) is 24.4 Å². The molecular formula is C27H24F3N5O2. The van der Waals surface area contributed by atoms with E-state index in [1.807, 2.05) is 13.0 Å². The number of alkyl halides is 3. The van der Waals surface area contributed by atoms with Crippen molar-refractivity contribution in [2.24, 2.45) is 4.99 Å². The van der Waals surface area contributed by atoms with Crippen LogP contribution < -0.4 is 15.1 Å². The fraction of sp³-hybridized carbons (Fsp3) is 0.185. The van der Waals surface area contributed by atoms with Gasteiger partial charge in [0.25, 0.3) is 0 Å². The van der Waals surface area contributed by atoms with Gasteiger partial charge in [-0.1, -0.05) is 18.7 Å². The van der Waals surface area contributed by atoms with Gasteiger partial charge in [0, 0.05) is 37.3 Å². The average molecular weight is 508 g/mol. The molecule has 37 heavy (non-hydrogen) atoms. The van der Waals surface area contributed by atoms with Crippen LogP contribution in [0.25, 0.3) is 5.70 Å². The van der Waals surface area contributed by atoms with Crippen LogP contribution in [0.3, 0.4) is 0 Å². The van der Waals surface area contributed by atoms with E-state index in [9.17, 15) is 13.2 Å². The Bertz CT molecular complexity index is 1500. The third-order valence-corrected chi connectivity index (χ3v) is 5.54. The molecule has 0 fully saturated rings. The molecular weight excluding hydrogens is 483 g/mol. The van der Waals surface area contributed by atoms with Crippen molar-refractivity contribution in [1.82, 2.24) is 19.5 Å². The van der Waals surface area contributed by atoms with E-state index in [-0.39, 0.29) is 17.9 Å². The Morgan fingerprint density at radius 3 is 2.46 bits per heavy atom. The van der Waals surface area contributed by atoms with Crippen molar-refractivity contribution in [1.29, 1.82) is 0 Å². The molecule has 2 aromatic carbocycles. The largest absolute Gasteiger partial charge is 0.473 e. The summed E-state index contributed by atoms with van der Waals surface area (Å²) < 4.78 is 53.0. The molecule has 0 radical (unpaired) electrons. The summed E-state index contributed by atoms with van der Waals surface area (Å²) in [5.41, 5.74) is 2.74. The smallest absolute Gasteiger partial charge is 0.416 e. The van der Waals surface area contributed by atoms with E-state index in [0.717, 1.165) is 22.8 Å². The van der Waals surface area contributed by atoms with Crippen LogP contribution in [0.2, 0.25) is 0 Å². The number of aromatic nitrogens is 4. The minimum absolute atomic E-state index is 0.117. The summed E-state index contributed by atoms with van der Waals surface area (Å²) >= 11 is 0. The minimum atomic E-state index is -4.45. The molecule has 4 aromatic rings. The molecule has 0 atom stereocenters. The molecule has 0 N–H and O–H groups in total. The number of benzene rings is 2. The van der Waals surface area contributed by atoms with Crippen molar-refractivity contribution in [3.8, 4) is 17.4 Å². The summed E-state index contributed by atoms with van der Waals surface area (Å²) in [4.78, 5) is 16.7. The summed E-state index contributed by atoms with van der Waals surface area (Å²) in [7, 11) is 1.62. The third kappa shape index (κ3) is 6.03. The zero-order chi connectivity index (χ0) is 26.6. The predicted molar refractivity (Wildman–Crippen MR) is 132 cm³/mol. The molecule has 0 bridgehead atoms. The summed E-state index contributed by atoms with van der Waals surface area (Å²) in [6.45, 7) is 7.52. The molecule has 0 aliphatic carbocycles. The molecule has 0 saturated carbocycles. The van der Waals surface area contributed by atoms with E-state index in [1.54, 1.807) is 48.4 Å². The van der Waals surface area contributed by atoms with Gasteiger partial charge < -0.3 is 9.47 Å². The summed E-state index contributed by atoms with van der Waals surface area (Å²) in [6.07, 6.45) is 2.04. The van der Waals surface area contributed by atoms with Crippen LogP contribution in [-0.4, -0.2) is 26.6 Å². The quantitative estimate of drug-likeness (QED) is 0.319. The molecule has 0 aliphatic rings. The minimum Gasteiger partial charge on any atom is -0.473 e. The molecule has 4 rings (SSSR count). The van der Waals surface area contributed by atoms with Gasteiger partial charge in [-0.05, 0) is 54.8 Å². The van der Waals surface area contributed by atoms with Crippen molar-refractivity contribution in [2.45, 2.75) is 26.6 Å². The van der Waals surface area contributed by atoms with Gasteiger partial charge in [0.05, 0.1) is 11.3 Å². The van der Waals surface area contributed by atoms with Crippen molar-refractivity contribution < 1.29 is 22.6 Å². The van der Waals surface area contributed by atoms with E-state index in [2.05, 4.69) is 26.5 Å². The first-order chi connectivity index (χ1) is 17.7. The number of rotatable bonds is 7. The summed E-state index contributed by atoms with van der Waals surface area (Å²) in [6, 6.07) is 11.0. The molecule has 190 valence electrons. The van der Waals surface area contributed by atoms with Gasteiger partial charge in [-0.2, -0.15) is 18.2 Å². The molecule has 0 spiro atoms. The maximum absolute atomic E-state index is 13.2. The molecule has 0 saturated heterocycles. The normalized spacial score (nSPS) is 11.9. The highest BCUT2D eigenvalue weighted by Crippen LogP contribution is 2.35. The average Bonchev–Trinajstić information content (AvgIpc) is 2.89. The highest BCUT2D eigenvalue weighted by Gasteiger charge is 2.32. The van der Waals surface area contributed by atoms with Crippen molar-refractivity contribution >= 4 is 5.70 Å². The van der Waals surface area contributed by atoms with Crippen LogP contribution in [0, 0.1) is 13.8 Å². The maximum Gasteiger partial charge on any atom is 0.416 e. The van der Waals surface area contributed by atoms with Crippen LogP contribution in [0.5, 0.6) is 17.4 Å².